The highest BCUT2D eigenvalue weighted by Crippen LogP contribution is 2.18. The third-order valence-electron chi connectivity index (χ3n) is 4.16. The Morgan fingerprint density at radius 2 is 2.04 bits per heavy atom. The molecule has 1 aliphatic rings. The van der Waals surface area contributed by atoms with Crippen LogP contribution < -0.4 is 10.1 Å². The molecule has 2 aromatic heterocycles. The first-order valence-corrected chi connectivity index (χ1v) is 7.99. The molecule has 1 aliphatic heterocycles. The zero-order valence-electron chi connectivity index (χ0n) is 13.7. The second-order valence-electron chi connectivity index (χ2n) is 5.95. The maximum absolute atomic E-state index is 5.19. The van der Waals surface area contributed by atoms with Crippen LogP contribution >= 0.6 is 0 Å². The molecular weight excluding hydrogens is 290 g/mol. The van der Waals surface area contributed by atoms with Gasteiger partial charge >= 0.3 is 0 Å². The van der Waals surface area contributed by atoms with Crippen LogP contribution in [0.15, 0.2) is 30.7 Å². The van der Waals surface area contributed by atoms with Gasteiger partial charge in [0.05, 0.1) is 7.11 Å². The molecule has 0 bridgehead atoms. The number of nitrogens with one attached hydrogen (secondary N) is 1. The monoisotopic (exact) mass is 313 g/mol. The average molecular weight is 313 g/mol. The van der Waals surface area contributed by atoms with Gasteiger partial charge in [-0.2, -0.15) is 0 Å². The molecule has 1 saturated heterocycles. The second kappa shape index (κ2) is 7.37. The minimum absolute atomic E-state index is 0.479. The fraction of sp³-hybridized carbons (Fsp3) is 0.471. The molecule has 6 nitrogen and oxygen atoms in total. The van der Waals surface area contributed by atoms with E-state index in [0.29, 0.717) is 11.9 Å². The normalized spacial score (nSPS) is 16.3. The van der Waals surface area contributed by atoms with Crippen molar-refractivity contribution in [2.45, 2.75) is 32.4 Å². The van der Waals surface area contributed by atoms with Crippen molar-refractivity contribution in [1.29, 1.82) is 0 Å². The van der Waals surface area contributed by atoms with E-state index in [0.717, 1.165) is 44.0 Å². The van der Waals surface area contributed by atoms with Crippen LogP contribution in [-0.2, 0) is 6.54 Å². The number of pyridine rings is 1. The number of aromatic nitrogens is 3. The summed E-state index contributed by atoms with van der Waals surface area (Å²) in [5.41, 5.74) is 2.24. The molecular formula is C17H23N5O. The lowest BCUT2D eigenvalue weighted by atomic mass is 10.0. The minimum atomic E-state index is 0.479. The molecule has 3 heterocycles. The van der Waals surface area contributed by atoms with Crippen molar-refractivity contribution in [2.75, 3.05) is 25.5 Å². The van der Waals surface area contributed by atoms with E-state index in [-0.39, 0.29) is 0 Å². The number of rotatable bonds is 5. The van der Waals surface area contributed by atoms with Crippen LogP contribution in [0, 0.1) is 6.92 Å². The van der Waals surface area contributed by atoms with Crippen molar-refractivity contribution in [2.24, 2.45) is 0 Å². The Bertz CT molecular complexity index is 640. The molecule has 6 heteroatoms. The van der Waals surface area contributed by atoms with Crippen molar-refractivity contribution in [3.63, 3.8) is 0 Å². The number of anilines is 1. The number of methoxy groups -OCH3 is 1. The third-order valence-corrected chi connectivity index (χ3v) is 4.16. The largest absolute Gasteiger partial charge is 0.481 e. The van der Waals surface area contributed by atoms with Gasteiger partial charge in [-0.25, -0.2) is 15.0 Å². The van der Waals surface area contributed by atoms with Crippen molar-refractivity contribution < 1.29 is 4.74 Å². The first kappa shape index (κ1) is 15.7. The van der Waals surface area contributed by atoms with Gasteiger partial charge in [-0.1, -0.05) is 0 Å². The Morgan fingerprint density at radius 3 is 2.78 bits per heavy atom. The van der Waals surface area contributed by atoms with E-state index < -0.39 is 0 Å². The van der Waals surface area contributed by atoms with Crippen LogP contribution in [0.2, 0.25) is 0 Å². The van der Waals surface area contributed by atoms with Crippen LogP contribution in [0.25, 0.3) is 0 Å². The number of piperidine rings is 1. The molecule has 3 rings (SSSR count). The summed E-state index contributed by atoms with van der Waals surface area (Å²) in [7, 11) is 1.65. The van der Waals surface area contributed by atoms with Gasteiger partial charge in [0.1, 0.15) is 12.1 Å². The third kappa shape index (κ3) is 4.39. The van der Waals surface area contributed by atoms with E-state index in [2.05, 4.69) is 31.2 Å². The Morgan fingerprint density at radius 1 is 1.22 bits per heavy atom. The lowest BCUT2D eigenvalue weighted by molar-refractivity contribution is 0.211. The summed E-state index contributed by atoms with van der Waals surface area (Å²) in [5, 5.41) is 3.52. The Labute approximate surface area is 136 Å². The summed E-state index contributed by atoms with van der Waals surface area (Å²) in [6.45, 7) is 5.08. The maximum atomic E-state index is 5.19. The first-order chi connectivity index (χ1) is 11.2. The lowest BCUT2D eigenvalue weighted by Crippen LogP contribution is -2.38. The standard InChI is InChI=1S/C17H23N5O/c1-13-9-16(20-12-19-13)21-15-4-7-22(8-5-15)11-14-3-6-18-17(10-14)23-2/h3,6,9-10,12,15H,4-5,7-8,11H2,1-2H3,(H,19,20,21). The van der Waals surface area contributed by atoms with E-state index in [1.807, 2.05) is 19.1 Å². The SMILES string of the molecule is COc1cc(CN2CCC(Nc3cc(C)ncn3)CC2)ccn1. The maximum Gasteiger partial charge on any atom is 0.213 e. The van der Waals surface area contributed by atoms with Crippen LogP contribution in [0.4, 0.5) is 5.82 Å². The predicted molar refractivity (Wildman–Crippen MR) is 89.5 cm³/mol. The van der Waals surface area contributed by atoms with E-state index in [1.54, 1.807) is 19.6 Å². The molecule has 1 fully saturated rings. The first-order valence-electron chi connectivity index (χ1n) is 7.99. The summed E-state index contributed by atoms with van der Waals surface area (Å²) >= 11 is 0. The van der Waals surface area contributed by atoms with E-state index in [4.69, 9.17) is 4.74 Å². The van der Waals surface area contributed by atoms with Crippen molar-refractivity contribution in [3.8, 4) is 5.88 Å². The average Bonchev–Trinajstić information content (AvgIpc) is 2.57. The number of aryl methyl sites for hydroxylation is 1. The number of nitrogens with zero attached hydrogens (tertiary/aromatic N) is 4. The number of hydrogen-bond acceptors (Lipinski definition) is 6. The molecule has 23 heavy (non-hydrogen) atoms. The molecule has 0 radical (unpaired) electrons. The fourth-order valence-electron chi connectivity index (χ4n) is 2.90. The number of hydrogen-bond donors (Lipinski definition) is 1. The fourth-order valence-corrected chi connectivity index (χ4v) is 2.90. The molecule has 0 atom stereocenters. The van der Waals surface area contributed by atoms with E-state index in [1.165, 1.54) is 5.56 Å². The topological polar surface area (TPSA) is 63.2 Å². The predicted octanol–water partition coefficient (Wildman–Crippen LogP) is 2.27. The minimum Gasteiger partial charge on any atom is -0.481 e. The van der Waals surface area contributed by atoms with Crippen molar-refractivity contribution in [1.82, 2.24) is 19.9 Å². The quantitative estimate of drug-likeness (QED) is 0.913. The van der Waals surface area contributed by atoms with Gasteiger partial charge in [0.2, 0.25) is 5.88 Å². The zero-order valence-corrected chi connectivity index (χ0v) is 13.7. The summed E-state index contributed by atoms with van der Waals surface area (Å²) < 4.78 is 5.19. The van der Waals surface area contributed by atoms with Gasteiger partial charge in [0, 0.05) is 49.7 Å². The van der Waals surface area contributed by atoms with Gasteiger partial charge in [0.15, 0.2) is 0 Å². The second-order valence-corrected chi connectivity index (χ2v) is 5.95. The Hall–Kier alpha value is -2.21. The van der Waals surface area contributed by atoms with Crippen LogP contribution in [0.3, 0.4) is 0 Å². The van der Waals surface area contributed by atoms with E-state index in [9.17, 15) is 0 Å². The van der Waals surface area contributed by atoms with Crippen LogP contribution in [-0.4, -0.2) is 46.1 Å². The van der Waals surface area contributed by atoms with Gasteiger partial charge < -0.3 is 10.1 Å². The molecule has 0 aromatic carbocycles. The van der Waals surface area contributed by atoms with Crippen LogP contribution in [0.5, 0.6) is 5.88 Å². The van der Waals surface area contributed by atoms with E-state index >= 15 is 0 Å². The highest BCUT2D eigenvalue weighted by Gasteiger charge is 2.19. The molecule has 0 aliphatic carbocycles. The molecule has 122 valence electrons. The highest BCUT2D eigenvalue weighted by molar-refractivity contribution is 5.35. The number of likely N-dealkylation sites (tertiary alicyclic amines) is 1. The summed E-state index contributed by atoms with van der Waals surface area (Å²) in [5.74, 6) is 1.60. The summed E-state index contributed by atoms with van der Waals surface area (Å²) in [6, 6.07) is 6.53. The summed E-state index contributed by atoms with van der Waals surface area (Å²) in [4.78, 5) is 15.0. The van der Waals surface area contributed by atoms with Crippen LogP contribution in [0.1, 0.15) is 24.1 Å². The molecule has 0 unspecified atom stereocenters. The Kier molecular flexibility index (Phi) is 5.02. The lowest BCUT2D eigenvalue weighted by Gasteiger charge is -2.32. The van der Waals surface area contributed by atoms with Gasteiger partial charge in [-0.15, -0.1) is 0 Å². The molecule has 1 N–H and O–H groups in total. The smallest absolute Gasteiger partial charge is 0.213 e. The van der Waals surface area contributed by atoms with Gasteiger partial charge in [0.25, 0.3) is 0 Å². The zero-order chi connectivity index (χ0) is 16.1. The molecule has 2 aromatic rings. The molecule has 0 amide bonds. The van der Waals surface area contributed by atoms with Gasteiger partial charge in [-0.05, 0) is 31.4 Å². The molecule has 0 spiro atoms. The molecule has 0 saturated carbocycles. The van der Waals surface area contributed by atoms with Crippen molar-refractivity contribution in [3.05, 3.63) is 42.0 Å². The van der Waals surface area contributed by atoms with Gasteiger partial charge in [-0.3, -0.25) is 4.90 Å². The summed E-state index contributed by atoms with van der Waals surface area (Å²) in [6.07, 6.45) is 5.65. The van der Waals surface area contributed by atoms with Crippen molar-refractivity contribution >= 4 is 5.82 Å². The Balaban J connectivity index is 1.50. The number of ether oxygens (including phenoxy) is 1. The highest BCUT2D eigenvalue weighted by atomic mass is 16.5.